The van der Waals surface area contributed by atoms with E-state index >= 15 is 0 Å². The molecule has 1 atom stereocenters. The second-order valence-corrected chi connectivity index (χ2v) is 6.36. The van der Waals surface area contributed by atoms with Gasteiger partial charge in [0, 0.05) is 36.7 Å². The molecule has 0 aromatic carbocycles. The molecule has 1 aromatic heterocycles. The molecule has 116 valence electrons. The molecule has 1 N–H and O–H groups in total. The van der Waals surface area contributed by atoms with E-state index in [0.29, 0.717) is 11.8 Å². The Morgan fingerprint density at radius 3 is 2.67 bits per heavy atom. The van der Waals surface area contributed by atoms with Gasteiger partial charge in [-0.05, 0) is 32.1 Å². The summed E-state index contributed by atoms with van der Waals surface area (Å²) in [5.74, 6) is 3.02. The van der Waals surface area contributed by atoms with Crippen molar-refractivity contribution in [1.82, 2.24) is 9.97 Å². The number of aromatic nitrogens is 2. The second kappa shape index (κ2) is 7.21. The summed E-state index contributed by atoms with van der Waals surface area (Å²) in [5.41, 5.74) is 1.25. The van der Waals surface area contributed by atoms with Gasteiger partial charge >= 0.3 is 0 Å². The zero-order valence-electron chi connectivity index (χ0n) is 13.1. The molecule has 2 aliphatic rings. The lowest BCUT2D eigenvalue weighted by atomic mass is 9.99. The Morgan fingerprint density at radius 1 is 1.14 bits per heavy atom. The van der Waals surface area contributed by atoms with Gasteiger partial charge < -0.3 is 10.1 Å². The Kier molecular flexibility index (Phi) is 5.07. The molecule has 1 aliphatic carbocycles. The van der Waals surface area contributed by atoms with E-state index in [0.717, 1.165) is 50.7 Å². The molecule has 4 heteroatoms. The van der Waals surface area contributed by atoms with Gasteiger partial charge in [-0.3, -0.25) is 0 Å². The van der Waals surface area contributed by atoms with E-state index in [1.54, 1.807) is 0 Å². The first kappa shape index (κ1) is 14.8. The summed E-state index contributed by atoms with van der Waals surface area (Å²) in [6.07, 6.45) is 8.64. The molecule has 1 saturated carbocycles. The predicted octanol–water partition coefficient (Wildman–Crippen LogP) is 3.85. The molecule has 3 rings (SSSR count). The normalized spacial score (nSPS) is 23.4. The van der Waals surface area contributed by atoms with Gasteiger partial charge in [0.1, 0.15) is 11.6 Å². The molecule has 4 nitrogen and oxygen atoms in total. The molecular weight excluding hydrogens is 262 g/mol. The van der Waals surface area contributed by atoms with Crippen LogP contribution >= 0.6 is 0 Å². The highest BCUT2D eigenvalue weighted by molar-refractivity contribution is 5.38. The maximum atomic E-state index is 5.62. The van der Waals surface area contributed by atoms with Crippen molar-refractivity contribution in [2.24, 2.45) is 0 Å². The van der Waals surface area contributed by atoms with Crippen LogP contribution in [0.1, 0.15) is 75.2 Å². The van der Waals surface area contributed by atoms with Crippen molar-refractivity contribution < 1.29 is 4.74 Å². The standard InChI is InChI=1S/C17H27N3O/c1-2-9-18-16-11-15(13-6-3-4-7-13)19-17(20-16)14-8-5-10-21-12-14/h11,13-14H,2-10,12H2,1H3,(H,18,19,20). The van der Waals surface area contributed by atoms with Crippen molar-refractivity contribution in [3.63, 3.8) is 0 Å². The average Bonchev–Trinajstić information content (AvgIpc) is 3.08. The third-order valence-electron chi connectivity index (χ3n) is 4.62. The highest BCUT2D eigenvalue weighted by Crippen LogP contribution is 2.35. The van der Waals surface area contributed by atoms with Crippen LogP contribution in [0.5, 0.6) is 0 Å². The van der Waals surface area contributed by atoms with Crippen LogP contribution in [0.2, 0.25) is 0 Å². The second-order valence-electron chi connectivity index (χ2n) is 6.36. The van der Waals surface area contributed by atoms with Gasteiger partial charge in [0.15, 0.2) is 0 Å². The van der Waals surface area contributed by atoms with Crippen molar-refractivity contribution in [1.29, 1.82) is 0 Å². The summed E-state index contributed by atoms with van der Waals surface area (Å²) in [5, 5.41) is 3.45. The van der Waals surface area contributed by atoms with E-state index in [2.05, 4.69) is 18.3 Å². The smallest absolute Gasteiger partial charge is 0.136 e. The molecule has 1 saturated heterocycles. The number of rotatable bonds is 5. The van der Waals surface area contributed by atoms with Crippen LogP contribution in [-0.4, -0.2) is 29.7 Å². The monoisotopic (exact) mass is 289 g/mol. The van der Waals surface area contributed by atoms with Gasteiger partial charge in [-0.1, -0.05) is 19.8 Å². The zero-order valence-corrected chi connectivity index (χ0v) is 13.1. The first-order chi connectivity index (χ1) is 10.4. The highest BCUT2D eigenvalue weighted by atomic mass is 16.5. The molecule has 0 amide bonds. The number of anilines is 1. The van der Waals surface area contributed by atoms with Gasteiger partial charge in [0.25, 0.3) is 0 Å². The predicted molar refractivity (Wildman–Crippen MR) is 84.8 cm³/mol. The Labute approximate surface area is 127 Å². The van der Waals surface area contributed by atoms with E-state index in [4.69, 9.17) is 14.7 Å². The van der Waals surface area contributed by atoms with Crippen molar-refractivity contribution >= 4 is 5.82 Å². The summed E-state index contributed by atoms with van der Waals surface area (Å²) in [7, 11) is 0. The van der Waals surface area contributed by atoms with Crippen LogP contribution in [0.3, 0.4) is 0 Å². The van der Waals surface area contributed by atoms with Gasteiger partial charge in [0.2, 0.25) is 0 Å². The maximum Gasteiger partial charge on any atom is 0.136 e. The van der Waals surface area contributed by atoms with E-state index in [1.807, 2.05) is 0 Å². The number of hydrogen-bond donors (Lipinski definition) is 1. The van der Waals surface area contributed by atoms with Crippen LogP contribution in [0.15, 0.2) is 6.07 Å². The minimum atomic E-state index is 0.377. The highest BCUT2D eigenvalue weighted by Gasteiger charge is 2.24. The van der Waals surface area contributed by atoms with Gasteiger partial charge in [-0.15, -0.1) is 0 Å². The summed E-state index contributed by atoms with van der Waals surface area (Å²) >= 11 is 0. The zero-order chi connectivity index (χ0) is 14.5. The largest absolute Gasteiger partial charge is 0.381 e. The molecule has 0 radical (unpaired) electrons. The SMILES string of the molecule is CCCNc1cc(C2CCCC2)nc(C2CCCOC2)n1. The molecule has 21 heavy (non-hydrogen) atoms. The average molecular weight is 289 g/mol. The number of nitrogens with one attached hydrogen (secondary N) is 1. The topological polar surface area (TPSA) is 47.0 Å². The molecule has 1 aliphatic heterocycles. The van der Waals surface area contributed by atoms with Crippen LogP contribution in [-0.2, 0) is 4.74 Å². The summed E-state index contributed by atoms with van der Waals surface area (Å²) in [6.45, 7) is 4.82. The minimum Gasteiger partial charge on any atom is -0.381 e. The fraction of sp³-hybridized carbons (Fsp3) is 0.765. The molecule has 1 aromatic rings. The summed E-state index contributed by atoms with van der Waals surface area (Å²) < 4.78 is 5.62. The lowest BCUT2D eigenvalue weighted by Crippen LogP contribution is -2.19. The number of hydrogen-bond acceptors (Lipinski definition) is 4. The first-order valence-corrected chi connectivity index (χ1v) is 8.57. The Bertz CT molecular complexity index is 451. The van der Waals surface area contributed by atoms with Crippen LogP contribution in [0.4, 0.5) is 5.82 Å². The van der Waals surface area contributed by atoms with Crippen LogP contribution < -0.4 is 5.32 Å². The number of ether oxygens (including phenoxy) is 1. The molecule has 2 fully saturated rings. The van der Waals surface area contributed by atoms with Crippen molar-refractivity contribution in [3.05, 3.63) is 17.6 Å². The molecule has 2 heterocycles. The Balaban J connectivity index is 1.84. The van der Waals surface area contributed by atoms with Crippen molar-refractivity contribution in [2.45, 2.75) is 63.7 Å². The Hall–Kier alpha value is -1.16. The minimum absolute atomic E-state index is 0.377. The van der Waals surface area contributed by atoms with E-state index < -0.39 is 0 Å². The summed E-state index contributed by atoms with van der Waals surface area (Å²) in [4.78, 5) is 9.68. The van der Waals surface area contributed by atoms with Gasteiger partial charge in [-0.2, -0.15) is 0 Å². The number of nitrogens with zero attached hydrogens (tertiary/aromatic N) is 2. The molecule has 0 spiro atoms. The van der Waals surface area contributed by atoms with Crippen molar-refractivity contribution in [3.8, 4) is 0 Å². The first-order valence-electron chi connectivity index (χ1n) is 8.57. The Morgan fingerprint density at radius 2 is 1.95 bits per heavy atom. The third-order valence-corrected chi connectivity index (χ3v) is 4.62. The van der Waals surface area contributed by atoms with Crippen molar-refractivity contribution in [2.75, 3.05) is 25.1 Å². The maximum absolute atomic E-state index is 5.62. The van der Waals surface area contributed by atoms with E-state index in [9.17, 15) is 0 Å². The fourth-order valence-corrected chi connectivity index (χ4v) is 3.39. The third kappa shape index (κ3) is 3.73. The molecule has 1 unspecified atom stereocenters. The van der Waals surface area contributed by atoms with Crippen LogP contribution in [0, 0.1) is 0 Å². The molecular formula is C17H27N3O. The van der Waals surface area contributed by atoms with E-state index in [1.165, 1.54) is 31.4 Å². The lowest BCUT2D eigenvalue weighted by molar-refractivity contribution is 0.0780. The van der Waals surface area contributed by atoms with Crippen LogP contribution in [0.25, 0.3) is 0 Å². The summed E-state index contributed by atoms with van der Waals surface area (Å²) in [6, 6.07) is 2.18. The lowest BCUT2D eigenvalue weighted by Gasteiger charge is -2.22. The quantitative estimate of drug-likeness (QED) is 0.894. The van der Waals surface area contributed by atoms with E-state index in [-0.39, 0.29) is 0 Å². The molecule has 0 bridgehead atoms. The van der Waals surface area contributed by atoms with Gasteiger partial charge in [0.05, 0.1) is 6.61 Å². The fourth-order valence-electron chi connectivity index (χ4n) is 3.39. The van der Waals surface area contributed by atoms with Gasteiger partial charge in [-0.25, -0.2) is 9.97 Å².